The molecular formula is C41H59NO11. The summed E-state index contributed by atoms with van der Waals surface area (Å²) in [4.78, 5) is 55.5. The second-order valence-corrected chi connectivity index (χ2v) is 17.7. The normalized spacial score (nSPS) is 36.0. The molecule has 1 amide bonds. The Labute approximate surface area is 313 Å². The third kappa shape index (κ3) is 6.93. The molecule has 1 saturated heterocycles. The van der Waals surface area contributed by atoms with Crippen LogP contribution in [-0.2, 0) is 33.3 Å². The molecule has 2 unspecified atom stereocenters. The van der Waals surface area contributed by atoms with E-state index in [2.05, 4.69) is 5.32 Å². The molecule has 0 radical (unpaired) electrons. The standard InChI is InChI=1S/C41H59NO11/c1-11-12-18-28(44)52-32(30(24-16-14-13-15-17-24)42-36(48)53-37(4,5)6)35(47)51-25-20-41(49)23(3)33-39(9)21-50-27(39)19-26(43)40(33,10)34(46)31(45)29(22(25)2)38(41,7)8/h13-17,23,25-27,30-33,43,45,49H,11-12,18-21H2,1-10H3,(H,42,48)/t23?,25-,26-,27+,30-,31+,32+,33?,39+,40+,41+/m0/s1. The minimum Gasteiger partial charge on any atom is -0.455 e. The summed E-state index contributed by atoms with van der Waals surface area (Å²) >= 11 is 0. The van der Waals surface area contributed by atoms with E-state index in [0.717, 1.165) is 0 Å². The first-order valence-electron chi connectivity index (χ1n) is 18.9. The number of hydrogen-bond donors (Lipinski definition) is 4. The van der Waals surface area contributed by atoms with Crippen LogP contribution in [0.5, 0.6) is 0 Å². The van der Waals surface area contributed by atoms with E-state index in [1.54, 1.807) is 78.8 Å². The second kappa shape index (κ2) is 14.4. The van der Waals surface area contributed by atoms with Crippen molar-refractivity contribution >= 4 is 23.8 Å². The highest BCUT2D eigenvalue weighted by molar-refractivity contribution is 5.93. The first-order chi connectivity index (χ1) is 24.5. The monoisotopic (exact) mass is 741 g/mol. The van der Waals surface area contributed by atoms with Crippen LogP contribution >= 0.6 is 0 Å². The number of ketones is 1. The van der Waals surface area contributed by atoms with E-state index in [4.69, 9.17) is 18.9 Å². The first kappa shape index (κ1) is 40.9. The molecule has 12 heteroatoms. The number of aliphatic hydroxyl groups excluding tert-OH is 2. The maximum atomic E-state index is 14.6. The van der Waals surface area contributed by atoms with Crippen molar-refractivity contribution in [3.8, 4) is 0 Å². The van der Waals surface area contributed by atoms with Crippen LogP contribution < -0.4 is 5.32 Å². The van der Waals surface area contributed by atoms with Gasteiger partial charge in [-0.2, -0.15) is 0 Å². The van der Waals surface area contributed by atoms with E-state index in [-0.39, 0.29) is 30.9 Å². The third-order valence-electron chi connectivity index (χ3n) is 12.9. The number of nitrogens with one attached hydrogen (secondary N) is 1. The number of hydrogen-bond acceptors (Lipinski definition) is 11. The van der Waals surface area contributed by atoms with Crippen molar-refractivity contribution in [2.45, 2.75) is 149 Å². The summed E-state index contributed by atoms with van der Waals surface area (Å²) in [6, 6.07) is 7.33. The van der Waals surface area contributed by atoms with Crippen molar-refractivity contribution in [3.63, 3.8) is 0 Å². The lowest BCUT2D eigenvalue weighted by Gasteiger charge is -2.68. The Balaban J connectivity index is 1.59. The van der Waals surface area contributed by atoms with Crippen LogP contribution in [-0.4, -0.2) is 87.5 Å². The molecule has 53 heavy (non-hydrogen) atoms. The minimum absolute atomic E-state index is 0.0238. The third-order valence-corrected chi connectivity index (χ3v) is 12.9. The van der Waals surface area contributed by atoms with Gasteiger partial charge in [0.05, 0.1) is 29.8 Å². The molecule has 1 aromatic rings. The Morgan fingerprint density at radius 1 is 1.08 bits per heavy atom. The van der Waals surface area contributed by atoms with Crippen LogP contribution in [0.25, 0.3) is 0 Å². The molecule has 3 fully saturated rings. The lowest BCUT2D eigenvalue weighted by molar-refractivity contribution is -0.302. The molecule has 0 aromatic heterocycles. The Kier molecular flexibility index (Phi) is 11.1. The van der Waals surface area contributed by atoms with Gasteiger partial charge in [-0.1, -0.05) is 71.4 Å². The Morgan fingerprint density at radius 3 is 2.28 bits per heavy atom. The summed E-state index contributed by atoms with van der Waals surface area (Å²) in [5.74, 6) is -3.47. The van der Waals surface area contributed by atoms with E-state index in [1.165, 1.54) is 0 Å². The topological polar surface area (TPSA) is 178 Å². The summed E-state index contributed by atoms with van der Waals surface area (Å²) in [5.41, 5.74) is -4.66. The summed E-state index contributed by atoms with van der Waals surface area (Å²) in [5, 5.41) is 39.3. The highest BCUT2D eigenvalue weighted by Crippen LogP contribution is 2.66. The van der Waals surface area contributed by atoms with E-state index in [0.29, 0.717) is 30.6 Å². The zero-order valence-electron chi connectivity index (χ0n) is 32.9. The Hall–Kier alpha value is -3.32. The number of carbonyl (C=O) groups excluding carboxylic acids is 4. The largest absolute Gasteiger partial charge is 0.455 e. The van der Waals surface area contributed by atoms with Crippen LogP contribution in [0.15, 0.2) is 41.5 Å². The molecule has 0 spiro atoms. The van der Waals surface area contributed by atoms with Gasteiger partial charge in [-0.3, -0.25) is 9.59 Å². The molecule has 11 atom stereocenters. The van der Waals surface area contributed by atoms with Gasteiger partial charge in [0.1, 0.15) is 23.9 Å². The lowest BCUT2D eigenvalue weighted by Crippen LogP contribution is -2.75. The number of unbranched alkanes of at least 4 members (excludes halogenated alkanes) is 1. The quantitative estimate of drug-likeness (QED) is 0.150. The number of carbonyl (C=O) groups is 4. The van der Waals surface area contributed by atoms with Crippen LogP contribution in [0.3, 0.4) is 0 Å². The van der Waals surface area contributed by atoms with E-state index in [1.807, 2.05) is 20.8 Å². The number of ether oxygens (including phenoxy) is 4. The van der Waals surface area contributed by atoms with Gasteiger partial charge in [0.15, 0.2) is 5.78 Å². The van der Waals surface area contributed by atoms with Crippen molar-refractivity contribution < 1.29 is 53.4 Å². The van der Waals surface area contributed by atoms with Gasteiger partial charge in [-0.15, -0.1) is 0 Å². The SMILES string of the molecule is CCCCC(=O)O[C@@H](C(=O)O[C@H]1C[C@@]2(O)C(C)C3[C@]4(C)CO[C@@H]4C[C@H](O)[C@@]3(C)C(=O)[C@H](O)C(=C1C)C2(C)C)[C@@H](NC(=O)OC(C)(C)C)c1ccccc1. The predicted molar refractivity (Wildman–Crippen MR) is 194 cm³/mol. The van der Waals surface area contributed by atoms with Crippen molar-refractivity contribution in [3.05, 3.63) is 47.0 Å². The van der Waals surface area contributed by atoms with Gasteiger partial charge in [-0.05, 0) is 69.6 Å². The van der Waals surface area contributed by atoms with Gasteiger partial charge in [0.25, 0.3) is 0 Å². The maximum absolute atomic E-state index is 14.6. The van der Waals surface area contributed by atoms with Crippen LogP contribution in [0.4, 0.5) is 4.79 Å². The minimum atomic E-state index is -1.72. The molecule has 4 N–H and O–H groups in total. The maximum Gasteiger partial charge on any atom is 0.408 e. The van der Waals surface area contributed by atoms with Crippen LogP contribution in [0.1, 0.15) is 113 Å². The summed E-state index contributed by atoms with van der Waals surface area (Å²) in [6.45, 7) is 18.1. The summed E-state index contributed by atoms with van der Waals surface area (Å²) in [7, 11) is 0. The number of Topliss-reactive ketones (excluding diaryl/α,β-unsaturated/α-hetero) is 1. The van der Waals surface area contributed by atoms with Crippen molar-refractivity contribution in [2.75, 3.05) is 6.61 Å². The first-order valence-corrected chi connectivity index (χ1v) is 18.9. The summed E-state index contributed by atoms with van der Waals surface area (Å²) in [6.07, 6.45) is -5.50. The molecule has 2 bridgehead atoms. The number of aliphatic hydroxyl groups is 3. The fourth-order valence-electron chi connectivity index (χ4n) is 9.98. The molecular weight excluding hydrogens is 682 g/mol. The number of benzene rings is 1. The number of rotatable bonds is 9. The number of amides is 1. The molecule has 1 aliphatic heterocycles. The second-order valence-electron chi connectivity index (χ2n) is 17.7. The van der Waals surface area contributed by atoms with Crippen LogP contribution in [0.2, 0.25) is 0 Å². The molecule has 2 saturated carbocycles. The smallest absolute Gasteiger partial charge is 0.408 e. The van der Waals surface area contributed by atoms with Gasteiger partial charge < -0.3 is 39.6 Å². The van der Waals surface area contributed by atoms with Gasteiger partial charge in [-0.25, -0.2) is 9.59 Å². The molecule has 5 rings (SSSR count). The number of alkyl carbamates (subject to hydrolysis) is 1. The molecule has 4 aliphatic rings. The molecule has 12 nitrogen and oxygen atoms in total. The number of esters is 2. The van der Waals surface area contributed by atoms with E-state index in [9.17, 15) is 34.5 Å². The zero-order valence-corrected chi connectivity index (χ0v) is 32.9. The fraction of sp³-hybridized carbons (Fsp3) is 0.707. The average molecular weight is 742 g/mol. The number of fused-ring (bicyclic) bond motifs is 5. The molecule has 3 aliphatic carbocycles. The molecule has 294 valence electrons. The van der Waals surface area contributed by atoms with Crippen molar-refractivity contribution in [1.82, 2.24) is 5.32 Å². The molecule has 1 heterocycles. The van der Waals surface area contributed by atoms with E-state index < -0.39 is 93.6 Å². The highest BCUT2D eigenvalue weighted by Gasteiger charge is 2.73. The average Bonchev–Trinajstić information content (AvgIpc) is 3.07. The Bertz CT molecular complexity index is 1620. The fourth-order valence-corrected chi connectivity index (χ4v) is 9.98. The van der Waals surface area contributed by atoms with E-state index >= 15 is 0 Å². The van der Waals surface area contributed by atoms with Crippen molar-refractivity contribution in [1.29, 1.82) is 0 Å². The van der Waals surface area contributed by atoms with Gasteiger partial charge in [0.2, 0.25) is 6.10 Å². The predicted octanol–water partition coefficient (Wildman–Crippen LogP) is 5.12. The molecule has 1 aromatic carbocycles. The summed E-state index contributed by atoms with van der Waals surface area (Å²) < 4.78 is 23.5. The van der Waals surface area contributed by atoms with Crippen LogP contribution in [0, 0.1) is 28.1 Å². The van der Waals surface area contributed by atoms with Gasteiger partial charge >= 0.3 is 18.0 Å². The Morgan fingerprint density at radius 2 is 1.72 bits per heavy atom. The van der Waals surface area contributed by atoms with Gasteiger partial charge in [0, 0.05) is 30.1 Å². The lowest BCUT2D eigenvalue weighted by atomic mass is 9.40. The van der Waals surface area contributed by atoms with Crippen molar-refractivity contribution in [2.24, 2.45) is 28.1 Å². The highest BCUT2D eigenvalue weighted by atomic mass is 16.6. The zero-order chi connectivity index (χ0) is 39.5.